The van der Waals surface area contributed by atoms with E-state index in [0.717, 1.165) is 23.5 Å². The van der Waals surface area contributed by atoms with Crippen LogP contribution in [0.25, 0.3) is 0 Å². The van der Waals surface area contributed by atoms with Crippen molar-refractivity contribution in [2.24, 2.45) is 5.92 Å². The number of aliphatic hydroxyl groups excluding tert-OH is 19. The molecule has 16 unspecified atom stereocenters. The van der Waals surface area contributed by atoms with Crippen molar-refractivity contribution in [3.05, 3.63) is 0 Å². The Morgan fingerprint density at radius 2 is 0.602 bits per heavy atom. The van der Waals surface area contributed by atoms with Crippen LogP contribution in [0.5, 0.6) is 0 Å². The summed E-state index contributed by atoms with van der Waals surface area (Å²) in [5.74, 6) is -6.08. The van der Waals surface area contributed by atoms with Crippen LogP contribution in [-0.2, 0) is 95.0 Å². The maximum absolute atomic E-state index is 13.0. The summed E-state index contributed by atoms with van der Waals surface area (Å²) in [5.41, 5.74) is 0. The van der Waals surface area contributed by atoms with Crippen LogP contribution in [0.15, 0.2) is 0 Å². The molecule has 0 spiro atoms. The molecule has 0 aromatic carbocycles. The molecule has 596 valence electrons. The van der Waals surface area contributed by atoms with E-state index in [9.17, 15) is 126 Å². The Hall–Kier alpha value is -2.46. The standard InChI is InChI=1S/C59H97NO41S2/c1-19(66)3-5-86-7-8-87-6-4-21(67)9-20(51(82)83)15-102-17-28-49-35(73)42(80)58(93-28)98-47-26(13-64)89-55(38(76)31(47)69)97-46-25(12-63)92-57(41(79)34(46)72)101-50-29(18-103-16-22(60-2)52(84)85)94-59(43(81)36(50)74)99-48-27(14-65)90-54(39(77)32(48)70)95-44-23(10-61)88-53(37(75)30(44)68)96-45-24(11-62)91-56(100-49)40(78)33(45)71/h20,22-50,53-65,68-81H,3-18H2,1-2H3,(H,82,83)(H,84,85)/t20?,22?,23?,24?,25?,26?,27?,28?,29?,30-,31-,32-,33-,34-,35-,36-,37?,38?,39?,40?,41?,42?,43?,44-,45-,46-,47-,48-,49-,50-,53-,54-,55+,56+,57+,58-,59+/m1/s1. The molecule has 0 aliphatic carbocycles. The second-order valence-electron chi connectivity index (χ2n) is 25.7. The van der Waals surface area contributed by atoms with Crippen molar-refractivity contribution >= 4 is 47.0 Å². The third-order valence-electron chi connectivity index (χ3n) is 18.6. The zero-order chi connectivity index (χ0) is 75.4. The molecule has 0 aromatic heterocycles. The molecule has 21 aliphatic rings. The molecule has 21 aliphatic heterocycles. The highest BCUT2D eigenvalue weighted by Crippen LogP contribution is 2.40. The molecular formula is C59H97NO41S2. The van der Waals surface area contributed by atoms with Gasteiger partial charge in [-0.3, -0.25) is 19.2 Å². The van der Waals surface area contributed by atoms with Crippen molar-refractivity contribution < 1.29 is 202 Å². The monoisotopic (exact) mass is 1540 g/mol. The Kier molecular flexibility index (Phi) is 33.4. The SMILES string of the molecule is CNC(CSCC1O[C@H]2O[C@@H]3C(CO)O[C@H](O[C@@H]4C(CO)O[C@H](O[C@@H]5C(CO)O[C@@H](O[C@@H]6C(CSCC(CC(=O)CCOCCOCCC(C)=O)C(=O)O)O[C@H](O[C@@H]7C(CO)O[C@@H](O[C@@H]8C(CO)O[C@@H](O[C@H]1[C@H](O)C2O)C(O)[C@H]8O)C(O)[C@H]7O)C(O)[C@H]6O)C(O)[C@H]5O)C(O)[C@H]4O)C(O)[C@H]3O)C(=O)O. The fraction of sp³-hybridized carbons (Fsp3) is 0.932. The number of thioether (sulfide) groups is 2. The maximum Gasteiger partial charge on any atom is 0.321 e. The number of ether oxygens (including phenoxy) is 16. The number of carboxylic acid groups (broad SMARTS) is 2. The number of aliphatic hydroxyl groups is 19. The first kappa shape index (κ1) is 86.1. The highest BCUT2D eigenvalue weighted by atomic mass is 32.2. The molecule has 21 rings (SSSR count). The Balaban J connectivity index is 1.08. The Morgan fingerprint density at radius 3 is 0.845 bits per heavy atom. The summed E-state index contributed by atoms with van der Waals surface area (Å²) >= 11 is 1.66. The highest BCUT2D eigenvalue weighted by Gasteiger charge is 2.60. The van der Waals surface area contributed by atoms with Crippen LogP contribution >= 0.6 is 23.5 Å². The summed E-state index contributed by atoms with van der Waals surface area (Å²) < 4.78 is 93.3. The minimum atomic E-state index is -2.31. The van der Waals surface area contributed by atoms with Crippen LogP contribution in [0.1, 0.15) is 26.2 Å². The Bertz CT molecular complexity index is 2610. The number of carbonyl (C=O) groups excluding carboxylic acids is 2. The highest BCUT2D eigenvalue weighted by molar-refractivity contribution is 7.99. The largest absolute Gasteiger partial charge is 0.481 e. The first-order valence-corrected chi connectivity index (χ1v) is 35.5. The molecule has 21 fully saturated rings. The summed E-state index contributed by atoms with van der Waals surface area (Å²) in [7, 11) is 1.35. The average Bonchev–Trinajstić information content (AvgIpc) is 0.785. The lowest BCUT2D eigenvalue weighted by molar-refractivity contribution is -0.395. The molecule has 42 nitrogen and oxygen atoms in total. The molecule has 103 heavy (non-hydrogen) atoms. The summed E-state index contributed by atoms with van der Waals surface area (Å²) in [6, 6.07) is -1.18. The molecule has 0 amide bonds. The smallest absolute Gasteiger partial charge is 0.321 e. The number of rotatable bonds is 27. The van der Waals surface area contributed by atoms with Crippen molar-refractivity contribution in [3.63, 3.8) is 0 Å². The van der Waals surface area contributed by atoms with E-state index < -0.39 is 290 Å². The van der Waals surface area contributed by atoms with Crippen LogP contribution in [0.2, 0.25) is 0 Å². The summed E-state index contributed by atoms with van der Waals surface area (Å²) in [6.07, 6.45) is -73.1. The second kappa shape index (κ2) is 40.0. The number of carbonyl (C=O) groups is 4. The molecule has 14 bridgehead atoms. The third kappa shape index (κ3) is 21.0. The van der Waals surface area contributed by atoms with Crippen molar-refractivity contribution in [1.29, 1.82) is 0 Å². The number of nitrogens with one attached hydrogen (secondary N) is 1. The average molecular weight is 1540 g/mol. The molecule has 0 saturated carbocycles. The van der Waals surface area contributed by atoms with Gasteiger partial charge in [-0.05, 0) is 14.0 Å². The van der Waals surface area contributed by atoms with E-state index in [2.05, 4.69) is 5.32 Å². The number of hydrogen-bond acceptors (Lipinski definition) is 42. The van der Waals surface area contributed by atoms with E-state index in [-0.39, 0.29) is 62.3 Å². The van der Waals surface area contributed by atoms with Gasteiger partial charge in [0.2, 0.25) is 0 Å². The lowest BCUT2D eigenvalue weighted by Crippen LogP contribution is -2.68. The summed E-state index contributed by atoms with van der Waals surface area (Å²) in [4.78, 5) is 48.7. The molecule has 0 aromatic rings. The van der Waals surface area contributed by atoms with Crippen LogP contribution in [0.4, 0.5) is 0 Å². The van der Waals surface area contributed by atoms with E-state index in [1.807, 2.05) is 0 Å². The molecule has 0 radical (unpaired) electrons. The van der Waals surface area contributed by atoms with Gasteiger partial charge in [-0.25, -0.2) is 0 Å². The van der Waals surface area contributed by atoms with Gasteiger partial charge in [0.15, 0.2) is 44.0 Å². The molecule has 22 N–H and O–H groups in total. The predicted molar refractivity (Wildman–Crippen MR) is 332 cm³/mol. The van der Waals surface area contributed by atoms with E-state index in [4.69, 9.17) is 75.8 Å². The molecule has 21 saturated heterocycles. The molecule has 37 atom stereocenters. The fourth-order valence-corrected chi connectivity index (χ4v) is 15.0. The van der Waals surface area contributed by atoms with Gasteiger partial charge in [0.25, 0.3) is 0 Å². The van der Waals surface area contributed by atoms with Gasteiger partial charge >= 0.3 is 11.9 Å². The minimum Gasteiger partial charge on any atom is -0.481 e. The topological polar surface area (TPSA) is 653 Å². The van der Waals surface area contributed by atoms with Gasteiger partial charge in [-0.2, -0.15) is 23.5 Å². The van der Waals surface area contributed by atoms with Gasteiger partial charge in [-0.15, -0.1) is 0 Å². The van der Waals surface area contributed by atoms with Crippen LogP contribution in [-0.4, -0.2) is 441 Å². The Morgan fingerprint density at radius 1 is 0.350 bits per heavy atom. The molecule has 44 heteroatoms. The van der Waals surface area contributed by atoms with Gasteiger partial charge in [0.1, 0.15) is 176 Å². The number of Topliss-reactive ketones (excluding diaryl/α,β-unsaturated/α-hetero) is 2. The summed E-state index contributed by atoms with van der Waals surface area (Å²) in [5, 5.41) is 239. The van der Waals surface area contributed by atoms with Gasteiger partial charge in [0.05, 0.1) is 77.6 Å². The number of aliphatic carboxylic acids is 2. The van der Waals surface area contributed by atoms with E-state index in [1.165, 1.54) is 14.0 Å². The van der Waals surface area contributed by atoms with Crippen LogP contribution in [0, 0.1) is 5.92 Å². The van der Waals surface area contributed by atoms with Crippen molar-refractivity contribution in [2.75, 3.05) is 89.5 Å². The first-order chi connectivity index (χ1) is 49.0. The quantitative estimate of drug-likeness (QED) is 0.0340. The number of ketones is 2. The van der Waals surface area contributed by atoms with Crippen molar-refractivity contribution in [3.8, 4) is 0 Å². The van der Waals surface area contributed by atoms with E-state index >= 15 is 0 Å². The lowest BCUT2D eigenvalue weighted by Gasteiger charge is -2.50. The first-order valence-electron chi connectivity index (χ1n) is 33.2. The summed E-state index contributed by atoms with van der Waals surface area (Å²) in [6.45, 7) is -3.91. The van der Waals surface area contributed by atoms with Crippen LogP contribution < -0.4 is 5.32 Å². The van der Waals surface area contributed by atoms with Gasteiger partial charge in [0, 0.05) is 42.3 Å². The molecular weight excluding hydrogens is 1440 g/mol. The normalized spacial score (nSPS) is 44.9. The van der Waals surface area contributed by atoms with Crippen molar-refractivity contribution in [2.45, 2.75) is 247 Å². The van der Waals surface area contributed by atoms with Crippen molar-refractivity contribution in [1.82, 2.24) is 5.32 Å². The second-order valence-corrected chi connectivity index (χ2v) is 27.9. The zero-order valence-corrected chi connectivity index (χ0v) is 57.2. The number of hydrogen-bond donors (Lipinski definition) is 22. The lowest BCUT2D eigenvalue weighted by atomic mass is 9.95. The predicted octanol–water partition coefficient (Wildman–Crippen LogP) is -13.0. The van der Waals surface area contributed by atoms with E-state index in [0.29, 0.717) is 0 Å². The third-order valence-corrected chi connectivity index (χ3v) is 20.9. The van der Waals surface area contributed by atoms with Gasteiger partial charge < -0.3 is 188 Å². The maximum atomic E-state index is 13.0. The molecule has 21 heterocycles. The minimum absolute atomic E-state index is 0.0645. The number of carboxylic acids is 2. The Labute approximate surface area is 595 Å². The number of likely N-dealkylation sites (N-methyl/N-ethyl adjacent to an activating group) is 1. The zero-order valence-electron chi connectivity index (χ0n) is 55.5. The van der Waals surface area contributed by atoms with E-state index in [1.54, 1.807) is 0 Å². The fourth-order valence-electron chi connectivity index (χ4n) is 12.6. The van der Waals surface area contributed by atoms with Gasteiger partial charge in [-0.1, -0.05) is 0 Å². The van der Waals surface area contributed by atoms with Crippen LogP contribution in [0.3, 0.4) is 0 Å².